The van der Waals surface area contributed by atoms with Gasteiger partial charge in [0.05, 0.1) is 0 Å². The zero-order valence-electron chi connectivity index (χ0n) is 10.6. The van der Waals surface area contributed by atoms with Gasteiger partial charge >= 0.3 is 6.01 Å². The van der Waals surface area contributed by atoms with Crippen LogP contribution in [0.4, 0.5) is 17.4 Å². The van der Waals surface area contributed by atoms with Crippen molar-refractivity contribution in [2.75, 3.05) is 30.9 Å². The molecule has 2 aromatic rings. The Morgan fingerprint density at radius 2 is 1.94 bits per heavy atom. The van der Waals surface area contributed by atoms with E-state index in [1.807, 2.05) is 43.3 Å². The summed E-state index contributed by atoms with van der Waals surface area (Å²) in [5.41, 5.74) is 7.45. The molecule has 0 unspecified atom stereocenters. The summed E-state index contributed by atoms with van der Waals surface area (Å²) in [6, 6.07) is 8.33. The van der Waals surface area contributed by atoms with E-state index in [1.165, 1.54) is 0 Å². The summed E-state index contributed by atoms with van der Waals surface area (Å²) in [7, 11) is 4.00. The second-order valence-electron chi connectivity index (χ2n) is 4.11. The highest BCUT2D eigenvalue weighted by atomic mass is 16.4. The summed E-state index contributed by atoms with van der Waals surface area (Å²) in [5.74, 6) is 0.546. The zero-order chi connectivity index (χ0) is 13.0. The minimum Gasteiger partial charge on any atom is -0.408 e. The van der Waals surface area contributed by atoms with Crippen molar-refractivity contribution < 1.29 is 4.42 Å². The molecular weight excluding hydrogens is 230 g/mol. The van der Waals surface area contributed by atoms with Gasteiger partial charge in [0.1, 0.15) is 0 Å². The van der Waals surface area contributed by atoms with Crippen molar-refractivity contribution in [3.05, 3.63) is 30.2 Å². The van der Waals surface area contributed by atoms with Crippen LogP contribution in [0.15, 0.2) is 28.7 Å². The molecule has 0 aliphatic rings. The SMILES string of the molecule is CN(C)c1ccc(Nc2nnc(CCN)o2)cc1. The molecule has 96 valence electrons. The first-order valence-corrected chi connectivity index (χ1v) is 5.76. The number of rotatable bonds is 5. The Kier molecular flexibility index (Phi) is 3.78. The largest absolute Gasteiger partial charge is 0.408 e. The summed E-state index contributed by atoms with van der Waals surface area (Å²) in [5, 5.41) is 10.8. The van der Waals surface area contributed by atoms with Crippen LogP contribution in [0.3, 0.4) is 0 Å². The molecule has 0 saturated carbocycles. The minimum absolute atomic E-state index is 0.385. The molecule has 18 heavy (non-hydrogen) atoms. The van der Waals surface area contributed by atoms with E-state index in [4.69, 9.17) is 10.2 Å². The standard InChI is InChI=1S/C12H17N5O/c1-17(2)10-5-3-9(4-6-10)14-12-16-15-11(18-12)7-8-13/h3-6H,7-8,13H2,1-2H3,(H,14,16). The summed E-state index contributed by atoms with van der Waals surface area (Å²) in [4.78, 5) is 2.04. The lowest BCUT2D eigenvalue weighted by Crippen LogP contribution is -2.08. The second kappa shape index (κ2) is 5.50. The number of aromatic nitrogens is 2. The topological polar surface area (TPSA) is 80.2 Å². The normalized spacial score (nSPS) is 10.4. The minimum atomic E-state index is 0.385. The van der Waals surface area contributed by atoms with Gasteiger partial charge in [-0.25, -0.2) is 0 Å². The molecule has 0 radical (unpaired) electrons. The van der Waals surface area contributed by atoms with Crippen LogP contribution in [-0.4, -0.2) is 30.8 Å². The van der Waals surface area contributed by atoms with E-state index in [2.05, 4.69) is 15.5 Å². The molecule has 6 nitrogen and oxygen atoms in total. The summed E-state index contributed by atoms with van der Waals surface area (Å²) < 4.78 is 5.38. The molecule has 0 saturated heterocycles. The molecule has 0 atom stereocenters. The maximum Gasteiger partial charge on any atom is 0.320 e. The maximum atomic E-state index is 5.41. The molecule has 6 heteroatoms. The molecule has 0 fully saturated rings. The Labute approximate surface area is 106 Å². The fraction of sp³-hybridized carbons (Fsp3) is 0.333. The number of nitrogens with one attached hydrogen (secondary N) is 1. The zero-order valence-corrected chi connectivity index (χ0v) is 10.6. The summed E-state index contributed by atoms with van der Waals surface area (Å²) in [6.45, 7) is 0.499. The Balaban J connectivity index is 2.03. The van der Waals surface area contributed by atoms with Crippen molar-refractivity contribution in [1.82, 2.24) is 10.2 Å². The van der Waals surface area contributed by atoms with Gasteiger partial charge in [0.15, 0.2) is 0 Å². The third-order valence-electron chi connectivity index (χ3n) is 2.46. The summed E-state index contributed by atoms with van der Waals surface area (Å²) in [6.07, 6.45) is 0.592. The van der Waals surface area contributed by atoms with E-state index in [0.29, 0.717) is 24.9 Å². The third-order valence-corrected chi connectivity index (χ3v) is 2.46. The summed E-state index contributed by atoms with van der Waals surface area (Å²) >= 11 is 0. The van der Waals surface area contributed by atoms with Gasteiger partial charge in [-0.2, -0.15) is 0 Å². The van der Waals surface area contributed by atoms with Crippen LogP contribution in [0, 0.1) is 0 Å². The molecule has 0 bridgehead atoms. The third kappa shape index (κ3) is 2.98. The van der Waals surface area contributed by atoms with E-state index >= 15 is 0 Å². The first-order valence-electron chi connectivity index (χ1n) is 5.76. The Bertz CT molecular complexity index is 491. The Hall–Kier alpha value is -2.08. The fourth-order valence-corrected chi connectivity index (χ4v) is 1.50. The number of nitrogens with two attached hydrogens (primary N) is 1. The van der Waals surface area contributed by atoms with Crippen LogP contribution in [-0.2, 0) is 6.42 Å². The van der Waals surface area contributed by atoms with Crippen LogP contribution in [0.25, 0.3) is 0 Å². The average Bonchev–Trinajstić information content (AvgIpc) is 2.78. The lowest BCUT2D eigenvalue weighted by atomic mass is 10.2. The molecule has 3 N–H and O–H groups in total. The molecule has 0 spiro atoms. The number of hydrogen-bond donors (Lipinski definition) is 2. The van der Waals surface area contributed by atoms with Gasteiger partial charge in [-0.15, -0.1) is 5.10 Å². The second-order valence-corrected chi connectivity index (χ2v) is 4.11. The van der Waals surface area contributed by atoms with E-state index in [0.717, 1.165) is 11.4 Å². The van der Waals surface area contributed by atoms with E-state index < -0.39 is 0 Å². The van der Waals surface area contributed by atoms with Crippen LogP contribution in [0.1, 0.15) is 5.89 Å². The molecular formula is C12H17N5O. The first-order chi connectivity index (χ1) is 8.69. The van der Waals surface area contributed by atoms with Crippen LogP contribution in [0.5, 0.6) is 0 Å². The molecule has 1 heterocycles. The maximum absolute atomic E-state index is 5.41. The lowest BCUT2D eigenvalue weighted by molar-refractivity contribution is 0.510. The smallest absolute Gasteiger partial charge is 0.320 e. The van der Waals surface area contributed by atoms with Crippen LogP contribution < -0.4 is 16.0 Å². The van der Waals surface area contributed by atoms with Gasteiger partial charge in [-0.1, -0.05) is 5.10 Å². The van der Waals surface area contributed by atoms with Crippen LogP contribution >= 0.6 is 0 Å². The number of anilines is 3. The van der Waals surface area contributed by atoms with Crippen molar-refractivity contribution in [2.24, 2.45) is 5.73 Å². The van der Waals surface area contributed by atoms with Crippen molar-refractivity contribution in [2.45, 2.75) is 6.42 Å². The van der Waals surface area contributed by atoms with Crippen molar-refractivity contribution in [3.8, 4) is 0 Å². The van der Waals surface area contributed by atoms with Gasteiger partial charge in [-0.3, -0.25) is 0 Å². The molecule has 1 aromatic heterocycles. The van der Waals surface area contributed by atoms with Gasteiger partial charge in [-0.05, 0) is 24.3 Å². The molecule has 0 aliphatic heterocycles. The molecule has 2 rings (SSSR count). The van der Waals surface area contributed by atoms with E-state index in [1.54, 1.807) is 0 Å². The van der Waals surface area contributed by atoms with Gasteiger partial charge in [0, 0.05) is 38.4 Å². The fourth-order valence-electron chi connectivity index (χ4n) is 1.50. The van der Waals surface area contributed by atoms with E-state index in [9.17, 15) is 0 Å². The number of nitrogens with zero attached hydrogens (tertiary/aromatic N) is 3. The highest BCUT2D eigenvalue weighted by Gasteiger charge is 2.05. The van der Waals surface area contributed by atoms with Gasteiger partial charge in [0.2, 0.25) is 5.89 Å². The lowest BCUT2D eigenvalue weighted by Gasteiger charge is -2.12. The number of benzene rings is 1. The molecule has 0 amide bonds. The first kappa shape index (κ1) is 12.4. The number of hydrogen-bond acceptors (Lipinski definition) is 6. The van der Waals surface area contributed by atoms with Gasteiger partial charge < -0.3 is 20.4 Å². The quantitative estimate of drug-likeness (QED) is 0.831. The molecule has 1 aromatic carbocycles. The average molecular weight is 247 g/mol. The van der Waals surface area contributed by atoms with Crippen molar-refractivity contribution in [1.29, 1.82) is 0 Å². The van der Waals surface area contributed by atoms with Crippen LogP contribution in [0.2, 0.25) is 0 Å². The van der Waals surface area contributed by atoms with E-state index in [-0.39, 0.29) is 0 Å². The predicted octanol–water partition coefficient (Wildman–Crippen LogP) is 1.38. The Morgan fingerprint density at radius 1 is 1.22 bits per heavy atom. The molecule has 0 aliphatic carbocycles. The predicted molar refractivity (Wildman–Crippen MR) is 71.1 cm³/mol. The van der Waals surface area contributed by atoms with Gasteiger partial charge in [0.25, 0.3) is 0 Å². The highest BCUT2D eigenvalue weighted by Crippen LogP contribution is 2.19. The van der Waals surface area contributed by atoms with Crippen molar-refractivity contribution in [3.63, 3.8) is 0 Å². The Morgan fingerprint density at radius 3 is 2.56 bits per heavy atom. The highest BCUT2D eigenvalue weighted by molar-refractivity contribution is 5.58. The van der Waals surface area contributed by atoms with Crippen molar-refractivity contribution >= 4 is 17.4 Å². The monoisotopic (exact) mass is 247 g/mol.